The average molecular weight is 438 g/mol. The molecule has 1 rings (SSSR count). The highest BCUT2D eigenvalue weighted by Crippen LogP contribution is 2.13. The minimum absolute atomic E-state index is 0.0316. The molecule has 1 saturated heterocycles. The van der Waals surface area contributed by atoms with Crippen molar-refractivity contribution in [2.75, 3.05) is 47.0 Å². The molecule has 1 aliphatic heterocycles. The van der Waals surface area contributed by atoms with Crippen molar-refractivity contribution in [2.45, 2.75) is 96.8 Å². The molecular formula is C22H47NO5S. The van der Waals surface area contributed by atoms with E-state index in [0.29, 0.717) is 6.42 Å². The Morgan fingerprint density at radius 3 is 1.45 bits per heavy atom. The minimum Gasteiger partial charge on any atom is -0.726 e. The molecule has 0 unspecified atom stereocenters. The van der Waals surface area contributed by atoms with Crippen LogP contribution < -0.4 is 0 Å². The number of unbranched alkanes of at least 4 members (excludes halogenated alkanes) is 13. The number of rotatable bonds is 16. The molecule has 0 atom stereocenters. The van der Waals surface area contributed by atoms with E-state index in [4.69, 9.17) is 4.74 Å². The fraction of sp³-hybridized carbons (Fsp3) is 1.00. The van der Waals surface area contributed by atoms with Crippen molar-refractivity contribution >= 4 is 10.4 Å². The molecule has 0 aromatic carbocycles. The van der Waals surface area contributed by atoms with E-state index in [9.17, 15) is 13.0 Å². The zero-order valence-corrected chi connectivity index (χ0v) is 20.1. The highest BCUT2D eigenvalue weighted by Gasteiger charge is 2.18. The molecule has 0 radical (unpaired) electrons. The number of nitrogens with zero attached hydrogens (tertiary/aromatic N) is 1. The van der Waals surface area contributed by atoms with Gasteiger partial charge in [-0.15, -0.1) is 0 Å². The lowest BCUT2D eigenvalue weighted by Gasteiger charge is -2.33. The maximum atomic E-state index is 10.2. The van der Waals surface area contributed by atoms with Crippen LogP contribution >= 0.6 is 0 Å². The second-order valence-electron chi connectivity index (χ2n) is 8.82. The molecule has 0 bridgehead atoms. The molecule has 0 aliphatic carbocycles. The Morgan fingerprint density at radius 1 is 0.759 bits per heavy atom. The van der Waals surface area contributed by atoms with Gasteiger partial charge in [0.25, 0.3) is 0 Å². The van der Waals surface area contributed by atoms with Crippen molar-refractivity contribution < 1.29 is 26.4 Å². The summed E-state index contributed by atoms with van der Waals surface area (Å²) in [6.45, 7) is 6.49. The van der Waals surface area contributed by atoms with Crippen LogP contribution in [0.15, 0.2) is 0 Å². The van der Waals surface area contributed by atoms with Gasteiger partial charge in [-0.3, -0.25) is 4.18 Å². The summed E-state index contributed by atoms with van der Waals surface area (Å²) in [7, 11) is -0.0148. The number of ether oxygens (including phenoxy) is 1. The van der Waals surface area contributed by atoms with Gasteiger partial charge in [-0.1, -0.05) is 90.4 Å². The van der Waals surface area contributed by atoms with Crippen molar-refractivity contribution in [1.82, 2.24) is 0 Å². The molecule has 0 aromatic heterocycles. The summed E-state index contributed by atoms with van der Waals surface area (Å²) in [5.41, 5.74) is 0. The molecule has 0 amide bonds. The summed E-state index contributed by atoms with van der Waals surface area (Å²) >= 11 is 0. The number of hydrogen-bond donors (Lipinski definition) is 0. The van der Waals surface area contributed by atoms with E-state index < -0.39 is 10.4 Å². The molecule has 176 valence electrons. The van der Waals surface area contributed by atoms with Gasteiger partial charge >= 0.3 is 0 Å². The van der Waals surface area contributed by atoms with Crippen molar-refractivity contribution in [3.63, 3.8) is 0 Å². The Bertz CT molecular complexity index is 446. The third-order valence-corrected chi connectivity index (χ3v) is 5.86. The highest BCUT2D eigenvalue weighted by molar-refractivity contribution is 7.80. The predicted molar refractivity (Wildman–Crippen MR) is 119 cm³/mol. The molecule has 0 spiro atoms. The lowest BCUT2D eigenvalue weighted by Crippen LogP contribution is -2.48. The molecule has 1 heterocycles. The first-order valence-electron chi connectivity index (χ1n) is 11.8. The smallest absolute Gasteiger partial charge is 0.217 e. The van der Waals surface area contributed by atoms with Gasteiger partial charge in [0.2, 0.25) is 10.4 Å². The zero-order chi connectivity index (χ0) is 21.8. The van der Waals surface area contributed by atoms with E-state index >= 15 is 0 Å². The monoisotopic (exact) mass is 437 g/mol. The largest absolute Gasteiger partial charge is 0.726 e. The van der Waals surface area contributed by atoms with E-state index in [1.165, 1.54) is 83.7 Å². The van der Waals surface area contributed by atoms with Gasteiger partial charge in [0.1, 0.15) is 13.1 Å². The predicted octanol–water partition coefficient (Wildman–Crippen LogP) is 5.04. The maximum absolute atomic E-state index is 10.2. The fourth-order valence-electron chi connectivity index (χ4n) is 3.29. The average Bonchev–Trinajstić information content (AvgIpc) is 2.64. The normalized spacial score (nSPS) is 16.3. The summed E-state index contributed by atoms with van der Waals surface area (Å²) in [4.78, 5) is 0. The van der Waals surface area contributed by atoms with Gasteiger partial charge in [-0.05, 0) is 6.42 Å². The van der Waals surface area contributed by atoms with Crippen LogP contribution in [0.5, 0.6) is 0 Å². The Balaban J connectivity index is 0.000000807. The third kappa shape index (κ3) is 23.9. The van der Waals surface area contributed by atoms with Crippen LogP contribution in [0.25, 0.3) is 0 Å². The van der Waals surface area contributed by atoms with Crippen LogP contribution in [0, 0.1) is 0 Å². The quantitative estimate of drug-likeness (QED) is 0.146. The molecule has 1 fully saturated rings. The van der Waals surface area contributed by atoms with E-state index in [2.05, 4.69) is 25.2 Å². The number of hydrogen-bond acceptors (Lipinski definition) is 5. The van der Waals surface area contributed by atoms with Gasteiger partial charge in [0.05, 0.1) is 33.9 Å². The minimum atomic E-state index is -4.49. The van der Waals surface area contributed by atoms with Crippen LogP contribution in [0.2, 0.25) is 0 Å². The SMILES string of the molecule is CCCCCCCCCCCCCCCCOS(=O)(=O)[O-].C[N+]1(C)CCOCC1. The summed E-state index contributed by atoms with van der Waals surface area (Å²) in [6, 6.07) is 0. The van der Waals surface area contributed by atoms with Crippen LogP contribution in [0.3, 0.4) is 0 Å². The van der Waals surface area contributed by atoms with Crippen molar-refractivity contribution in [3.05, 3.63) is 0 Å². The molecule has 29 heavy (non-hydrogen) atoms. The van der Waals surface area contributed by atoms with Crippen LogP contribution in [0.1, 0.15) is 96.8 Å². The lowest BCUT2D eigenvalue weighted by molar-refractivity contribution is -0.898. The number of morpholine rings is 1. The van der Waals surface area contributed by atoms with Crippen molar-refractivity contribution in [1.29, 1.82) is 0 Å². The van der Waals surface area contributed by atoms with Crippen LogP contribution in [0.4, 0.5) is 0 Å². The topological polar surface area (TPSA) is 75.7 Å². The Morgan fingerprint density at radius 2 is 1.14 bits per heavy atom. The van der Waals surface area contributed by atoms with Crippen LogP contribution in [-0.4, -0.2) is 64.5 Å². The second kappa shape index (κ2) is 18.6. The van der Waals surface area contributed by atoms with E-state index in [-0.39, 0.29) is 6.61 Å². The van der Waals surface area contributed by atoms with E-state index in [1.807, 2.05) is 0 Å². The zero-order valence-electron chi connectivity index (χ0n) is 19.3. The molecule has 1 aliphatic rings. The first-order valence-corrected chi connectivity index (χ1v) is 13.1. The standard InChI is InChI=1S/C16H34O4S.C6H14NO/c1-2-3-4-5-6-7-8-9-10-11-12-13-14-15-16-20-21(17,18)19;1-7(2)3-5-8-6-4-7/h2-16H2,1H3,(H,17,18,19);3-6H2,1-2H3/q;+1/p-1. The van der Waals surface area contributed by atoms with E-state index in [0.717, 1.165) is 30.5 Å². The molecule has 0 N–H and O–H groups in total. The lowest BCUT2D eigenvalue weighted by atomic mass is 10.0. The molecule has 0 saturated carbocycles. The summed E-state index contributed by atoms with van der Waals surface area (Å²) in [5.74, 6) is 0. The van der Waals surface area contributed by atoms with Gasteiger partial charge in [-0.25, -0.2) is 8.42 Å². The van der Waals surface area contributed by atoms with Gasteiger partial charge in [-0.2, -0.15) is 0 Å². The first-order chi connectivity index (χ1) is 13.8. The number of quaternary nitrogens is 1. The second-order valence-corrected chi connectivity index (χ2v) is 9.87. The molecule has 7 heteroatoms. The van der Waals surface area contributed by atoms with E-state index in [1.54, 1.807) is 0 Å². The van der Waals surface area contributed by atoms with Gasteiger partial charge in [0.15, 0.2) is 0 Å². The molecular weight excluding hydrogens is 390 g/mol. The van der Waals surface area contributed by atoms with Crippen molar-refractivity contribution in [2.24, 2.45) is 0 Å². The van der Waals surface area contributed by atoms with Crippen LogP contribution in [-0.2, 0) is 19.3 Å². The molecule has 6 nitrogen and oxygen atoms in total. The molecule has 0 aromatic rings. The fourth-order valence-corrected chi connectivity index (χ4v) is 3.62. The first kappa shape index (κ1) is 28.8. The Hall–Kier alpha value is -0.210. The Labute approximate surface area is 180 Å². The van der Waals surface area contributed by atoms with Gasteiger partial charge < -0.3 is 13.8 Å². The summed E-state index contributed by atoms with van der Waals surface area (Å²) in [5, 5.41) is 0. The van der Waals surface area contributed by atoms with Crippen molar-refractivity contribution in [3.8, 4) is 0 Å². The third-order valence-electron chi connectivity index (χ3n) is 5.41. The highest BCUT2D eigenvalue weighted by atomic mass is 32.3. The van der Waals surface area contributed by atoms with Gasteiger partial charge in [0, 0.05) is 0 Å². The Kier molecular flexibility index (Phi) is 18.4. The summed E-state index contributed by atoms with van der Waals surface area (Å²) < 4.78 is 41.0. The summed E-state index contributed by atoms with van der Waals surface area (Å²) in [6.07, 6.45) is 17.4. The maximum Gasteiger partial charge on any atom is 0.217 e. The number of likely N-dealkylation sites (N-methyl/N-ethyl adjacent to an activating group) is 1.